The lowest BCUT2D eigenvalue weighted by Crippen LogP contribution is -2.57. The Hall–Kier alpha value is -0.960. The Morgan fingerprint density at radius 1 is 1.17 bits per heavy atom. The van der Waals surface area contributed by atoms with Gasteiger partial charge < -0.3 is 5.11 Å². The van der Waals surface area contributed by atoms with Crippen LogP contribution in [0, 0.1) is 34.5 Å². The summed E-state index contributed by atoms with van der Waals surface area (Å²) in [4.78, 5) is 24.1. The normalized spacial score (nSPS) is 50.6. The zero-order chi connectivity index (χ0) is 17.3. The standard InChI is InChI=1S/C21H30O3/c1-12(22)16-6-7-17-15-5-4-13-10-14(23)8-9-20(13,2)18(15)11-19(24)21(16,17)3/h10,15-19,24H,4-9,11H2,1-3H3/t15-,16-,17+,18+,19?,20+,21-/m1/s1. The summed E-state index contributed by atoms with van der Waals surface area (Å²) in [6, 6.07) is 0. The maximum Gasteiger partial charge on any atom is 0.155 e. The van der Waals surface area contributed by atoms with Crippen LogP contribution in [0.15, 0.2) is 11.6 Å². The van der Waals surface area contributed by atoms with Crippen LogP contribution < -0.4 is 0 Å². The van der Waals surface area contributed by atoms with Crippen molar-refractivity contribution in [2.45, 2.75) is 71.8 Å². The molecule has 4 rings (SSSR count). The van der Waals surface area contributed by atoms with Gasteiger partial charge in [-0.25, -0.2) is 0 Å². The number of rotatable bonds is 1. The lowest BCUT2D eigenvalue weighted by Gasteiger charge is -2.59. The maximum absolute atomic E-state index is 12.2. The summed E-state index contributed by atoms with van der Waals surface area (Å²) in [5.74, 6) is 2.07. The minimum atomic E-state index is -0.394. The van der Waals surface area contributed by atoms with E-state index in [9.17, 15) is 14.7 Å². The summed E-state index contributed by atoms with van der Waals surface area (Å²) in [6.45, 7) is 6.21. The largest absolute Gasteiger partial charge is 0.393 e. The molecule has 4 aliphatic rings. The van der Waals surface area contributed by atoms with Gasteiger partial charge >= 0.3 is 0 Å². The van der Waals surface area contributed by atoms with Gasteiger partial charge in [-0.05, 0) is 74.7 Å². The van der Waals surface area contributed by atoms with Crippen molar-refractivity contribution >= 4 is 11.6 Å². The molecule has 3 heteroatoms. The van der Waals surface area contributed by atoms with Crippen molar-refractivity contribution in [2.75, 3.05) is 0 Å². The lowest BCUT2D eigenvalue weighted by molar-refractivity contribution is -0.149. The lowest BCUT2D eigenvalue weighted by atomic mass is 9.46. The Morgan fingerprint density at radius 2 is 1.92 bits per heavy atom. The van der Waals surface area contributed by atoms with Gasteiger partial charge in [-0.3, -0.25) is 9.59 Å². The molecular formula is C21H30O3. The highest BCUT2D eigenvalue weighted by molar-refractivity contribution is 5.91. The predicted octanol–water partition coefficient (Wildman–Crippen LogP) is 3.69. The molecule has 3 fully saturated rings. The Bertz CT molecular complexity index is 621. The van der Waals surface area contributed by atoms with Gasteiger partial charge in [0.15, 0.2) is 5.78 Å². The maximum atomic E-state index is 12.2. The van der Waals surface area contributed by atoms with E-state index in [1.165, 1.54) is 5.57 Å². The first-order chi connectivity index (χ1) is 11.3. The predicted molar refractivity (Wildman–Crippen MR) is 92.3 cm³/mol. The molecule has 0 aromatic heterocycles. The van der Waals surface area contributed by atoms with Crippen LogP contribution in [0.1, 0.15) is 65.7 Å². The first-order valence-corrected chi connectivity index (χ1v) is 9.71. The van der Waals surface area contributed by atoms with Crippen LogP contribution in [0.5, 0.6) is 0 Å². The number of allylic oxidation sites excluding steroid dienone is 1. The number of Topliss-reactive ketones (excluding diaryl/α,β-unsaturated/α-hetero) is 1. The van der Waals surface area contributed by atoms with Crippen LogP contribution in [0.2, 0.25) is 0 Å². The Labute approximate surface area is 144 Å². The van der Waals surface area contributed by atoms with Gasteiger partial charge in [0.2, 0.25) is 0 Å². The highest BCUT2D eigenvalue weighted by Crippen LogP contribution is 2.66. The van der Waals surface area contributed by atoms with Crippen molar-refractivity contribution in [1.82, 2.24) is 0 Å². The van der Waals surface area contributed by atoms with E-state index in [0.29, 0.717) is 24.2 Å². The number of aliphatic hydroxyl groups excluding tert-OH is 1. The topological polar surface area (TPSA) is 54.4 Å². The third-order valence-corrected chi connectivity index (χ3v) is 8.56. The van der Waals surface area contributed by atoms with Crippen molar-refractivity contribution in [2.24, 2.45) is 34.5 Å². The van der Waals surface area contributed by atoms with E-state index >= 15 is 0 Å². The highest BCUT2D eigenvalue weighted by atomic mass is 16.3. The van der Waals surface area contributed by atoms with E-state index in [1.807, 2.05) is 6.08 Å². The Balaban J connectivity index is 1.72. The van der Waals surface area contributed by atoms with E-state index < -0.39 is 6.10 Å². The average Bonchev–Trinajstić information content (AvgIpc) is 2.88. The molecule has 0 spiro atoms. The smallest absolute Gasteiger partial charge is 0.155 e. The molecule has 24 heavy (non-hydrogen) atoms. The van der Waals surface area contributed by atoms with Gasteiger partial charge in [-0.2, -0.15) is 0 Å². The van der Waals surface area contributed by atoms with Gasteiger partial charge in [-0.1, -0.05) is 19.4 Å². The van der Waals surface area contributed by atoms with Crippen LogP contribution in [0.3, 0.4) is 0 Å². The van der Waals surface area contributed by atoms with E-state index in [0.717, 1.165) is 38.5 Å². The van der Waals surface area contributed by atoms with Crippen LogP contribution in [-0.2, 0) is 9.59 Å². The Morgan fingerprint density at radius 3 is 2.62 bits per heavy atom. The van der Waals surface area contributed by atoms with Crippen LogP contribution >= 0.6 is 0 Å². The fourth-order valence-electron chi connectivity index (χ4n) is 7.19. The number of ketones is 2. The molecule has 0 aromatic rings. The van der Waals surface area contributed by atoms with Crippen LogP contribution in [0.25, 0.3) is 0 Å². The summed E-state index contributed by atoms with van der Waals surface area (Å²) >= 11 is 0. The molecule has 3 nitrogen and oxygen atoms in total. The van der Waals surface area contributed by atoms with Crippen molar-refractivity contribution < 1.29 is 14.7 Å². The molecular weight excluding hydrogens is 300 g/mol. The van der Waals surface area contributed by atoms with Gasteiger partial charge in [-0.15, -0.1) is 0 Å². The van der Waals surface area contributed by atoms with Crippen molar-refractivity contribution in [3.8, 4) is 0 Å². The third-order valence-electron chi connectivity index (χ3n) is 8.56. The molecule has 1 unspecified atom stereocenters. The molecule has 0 saturated heterocycles. The molecule has 3 saturated carbocycles. The van der Waals surface area contributed by atoms with E-state index in [2.05, 4.69) is 13.8 Å². The first-order valence-electron chi connectivity index (χ1n) is 9.71. The molecule has 0 bridgehead atoms. The third kappa shape index (κ3) is 2.00. The quantitative estimate of drug-likeness (QED) is 0.797. The first kappa shape index (κ1) is 16.5. The number of carbonyl (C=O) groups is 2. The monoisotopic (exact) mass is 330 g/mol. The number of fused-ring (bicyclic) bond motifs is 5. The number of hydrogen-bond donors (Lipinski definition) is 1. The number of carbonyl (C=O) groups excluding carboxylic acids is 2. The Kier molecular flexibility index (Phi) is 3.62. The SMILES string of the molecule is CC(=O)[C@H]1CC[C@H]2[C@H]3CCC4=CC(=O)CC[C@]4(C)[C@H]3CC(O)[C@]12C. The van der Waals surface area contributed by atoms with Gasteiger partial charge in [0.1, 0.15) is 5.78 Å². The van der Waals surface area contributed by atoms with Gasteiger partial charge in [0, 0.05) is 17.8 Å². The van der Waals surface area contributed by atoms with Crippen molar-refractivity contribution in [3.63, 3.8) is 0 Å². The second kappa shape index (κ2) is 5.27. The summed E-state index contributed by atoms with van der Waals surface area (Å²) in [5.41, 5.74) is 1.17. The minimum absolute atomic E-state index is 0.0242. The summed E-state index contributed by atoms with van der Waals surface area (Å²) in [7, 11) is 0. The van der Waals surface area contributed by atoms with Crippen LogP contribution in [-0.4, -0.2) is 22.8 Å². The van der Waals surface area contributed by atoms with Gasteiger partial charge in [0.25, 0.3) is 0 Å². The molecule has 0 amide bonds. The van der Waals surface area contributed by atoms with E-state index in [1.54, 1.807) is 6.92 Å². The molecule has 7 atom stereocenters. The average molecular weight is 330 g/mol. The second-order valence-corrected chi connectivity index (χ2v) is 9.33. The van der Waals surface area contributed by atoms with Crippen molar-refractivity contribution in [3.05, 3.63) is 11.6 Å². The molecule has 0 radical (unpaired) electrons. The molecule has 1 N–H and O–H groups in total. The number of hydrogen-bond acceptors (Lipinski definition) is 3. The van der Waals surface area contributed by atoms with Crippen molar-refractivity contribution in [1.29, 1.82) is 0 Å². The van der Waals surface area contributed by atoms with E-state index in [-0.39, 0.29) is 28.3 Å². The molecule has 0 aromatic carbocycles. The fourth-order valence-corrected chi connectivity index (χ4v) is 7.19. The summed E-state index contributed by atoms with van der Waals surface area (Å²) < 4.78 is 0. The molecule has 4 aliphatic carbocycles. The molecule has 0 aliphatic heterocycles. The van der Waals surface area contributed by atoms with Gasteiger partial charge in [0.05, 0.1) is 6.10 Å². The molecule has 132 valence electrons. The van der Waals surface area contributed by atoms with Crippen LogP contribution in [0.4, 0.5) is 0 Å². The fraction of sp³-hybridized carbons (Fsp3) is 0.810. The minimum Gasteiger partial charge on any atom is -0.393 e. The number of aliphatic hydroxyl groups is 1. The summed E-state index contributed by atoms with van der Waals surface area (Å²) in [5, 5.41) is 11.1. The second-order valence-electron chi connectivity index (χ2n) is 9.33. The summed E-state index contributed by atoms with van der Waals surface area (Å²) in [6.07, 6.45) is 8.06. The zero-order valence-corrected chi connectivity index (χ0v) is 15.2. The zero-order valence-electron chi connectivity index (χ0n) is 15.2. The molecule has 0 heterocycles. The van der Waals surface area contributed by atoms with E-state index in [4.69, 9.17) is 0 Å². The highest BCUT2D eigenvalue weighted by Gasteiger charge is 2.63.